The van der Waals surface area contributed by atoms with E-state index in [0.717, 1.165) is 45.1 Å². The van der Waals surface area contributed by atoms with Crippen molar-refractivity contribution in [3.63, 3.8) is 0 Å². The largest absolute Gasteiger partial charge is 0.477 e. The summed E-state index contributed by atoms with van der Waals surface area (Å²) in [5, 5.41) is 15.6. The molecule has 0 aromatic carbocycles. The maximum atomic E-state index is 5.74. The first-order valence-electron chi connectivity index (χ1n) is 10.2. The molecule has 0 bridgehead atoms. The Hall–Kier alpha value is -3.42. The highest BCUT2D eigenvalue weighted by molar-refractivity contribution is 5.93. The molecule has 4 rings (SSSR count). The summed E-state index contributed by atoms with van der Waals surface area (Å²) in [5.74, 6) is 0.578. The molecule has 0 saturated heterocycles. The molecule has 2 N–H and O–H groups in total. The van der Waals surface area contributed by atoms with Crippen molar-refractivity contribution in [2.75, 3.05) is 11.9 Å². The van der Waals surface area contributed by atoms with Gasteiger partial charge in [-0.3, -0.25) is 9.78 Å². The predicted molar refractivity (Wildman–Crippen MR) is 118 cm³/mol. The first-order chi connectivity index (χ1) is 14.5. The number of rotatable bonds is 7. The van der Waals surface area contributed by atoms with E-state index < -0.39 is 0 Å². The highest BCUT2D eigenvalue weighted by Crippen LogP contribution is 2.34. The van der Waals surface area contributed by atoms with E-state index in [4.69, 9.17) is 14.8 Å². The van der Waals surface area contributed by atoms with Gasteiger partial charge in [0.2, 0.25) is 5.88 Å². The van der Waals surface area contributed by atoms with Crippen molar-refractivity contribution in [1.82, 2.24) is 29.9 Å². The molecule has 8 heteroatoms. The molecule has 8 nitrogen and oxygen atoms in total. The number of aromatic amines is 1. The number of aromatic nitrogens is 6. The van der Waals surface area contributed by atoms with Gasteiger partial charge in [0.25, 0.3) is 0 Å². The van der Waals surface area contributed by atoms with Crippen molar-refractivity contribution in [2.45, 2.75) is 47.2 Å². The first kappa shape index (κ1) is 19.9. The molecule has 4 aromatic heterocycles. The molecule has 0 spiro atoms. The molecule has 30 heavy (non-hydrogen) atoms. The van der Waals surface area contributed by atoms with Crippen molar-refractivity contribution in [2.24, 2.45) is 0 Å². The summed E-state index contributed by atoms with van der Waals surface area (Å²) >= 11 is 0. The van der Waals surface area contributed by atoms with Crippen LogP contribution in [-0.2, 0) is 6.54 Å². The van der Waals surface area contributed by atoms with Crippen LogP contribution in [0.1, 0.15) is 43.9 Å². The second-order valence-corrected chi connectivity index (χ2v) is 7.56. The molecule has 0 unspecified atom stereocenters. The monoisotopic (exact) mass is 405 g/mol. The van der Waals surface area contributed by atoms with E-state index >= 15 is 0 Å². The molecule has 156 valence electrons. The molecule has 4 heterocycles. The van der Waals surface area contributed by atoms with Crippen molar-refractivity contribution in [1.29, 1.82) is 0 Å². The lowest BCUT2D eigenvalue weighted by molar-refractivity contribution is 0.328. The van der Waals surface area contributed by atoms with Gasteiger partial charge in [-0.25, -0.2) is 9.97 Å². The second-order valence-electron chi connectivity index (χ2n) is 7.56. The van der Waals surface area contributed by atoms with E-state index in [9.17, 15) is 0 Å². The predicted octanol–water partition coefficient (Wildman–Crippen LogP) is 4.42. The number of nitrogens with zero attached hydrogens (tertiary/aromatic N) is 5. The fourth-order valence-electron chi connectivity index (χ4n) is 3.52. The number of ether oxygens (including phenoxy) is 1. The van der Waals surface area contributed by atoms with Gasteiger partial charge in [-0.1, -0.05) is 0 Å². The number of nitrogens with one attached hydrogen (secondary N) is 2. The number of H-pyrrole nitrogens is 1. The Labute approximate surface area is 175 Å². The summed E-state index contributed by atoms with van der Waals surface area (Å²) in [6, 6.07) is 8.16. The van der Waals surface area contributed by atoms with E-state index in [-0.39, 0.29) is 6.04 Å². The van der Waals surface area contributed by atoms with Crippen LogP contribution in [0.4, 0.5) is 5.69 Å². The zero-order chi connectivity index (χ0) is 21.3. The van der Waals surface area contributed by atoms with Crippen LogP contribution in [0.5, 0.6) is 5.88 Å². The van der Waals surface area contributed by atoms with Gasteiger partial charge in [0.1, 0.15) is 11.0 Å². The summed E-state index contributed by atoms with van der Waals surface area (Å²) in [7, 11) is 0. The Morgan fingerprint density at radius 2 is 2.07 bits per heavy atom. The van der Waals surface area contributed by atoms with Gasteiger partial charge in [0.15, 0.2) is 0 Å². The number of aryl methyl sites for hydroxylation is 2. The molecule has 4 aromatic rings. The quantitative estimate of drug-likeness (QED) is 0.473. The number of anilines is 1. The molecule has 0 aliphatic carbocycles. The number of hydrogen-bond acceptors (Lipinski definition) is 6. The molecule has 0 aliphatic heterocycles. The van der Waals surface area contributed by atoms with Crippen LogP contribution in [-0.4, -0.2) is 36.6 Å². The topological polar surface area (TPSA) is 93.5 Å². The van der Waals surface area contributed by atoms with Crippen molar-refractivity contribution >= 4 is 16.7 Å². The maximum absolute atomic E-state index is 5.74. The van der Waals surface area contributed by atoms with E-state index in [1.165, 1.54) is 0 Å². The van der Waals surface area contributed by atoms with Gasteiger partial charge in [0.05, 0.1) is 41.5 Å². The Morgan fingerprint density at radius 3 is 2.77 bits per heavy atom. The summed E-state index contributed by atoms with van der Waals surface area (Å²) in [4.78, 5) is 9.33. The summed E-state index contributed by atoms with van der Waals surface area (Å²) < 4.78 is 7.76. The van der Waals surface area contributed by atoms with Crippen LogP contribution in [0.15, 0.2) is 30.5 Å². The SMILES string of the molecule is CCOc1ncccc1-c1cc(NCc2cc(C)[nH]n2)c2c(n1)c(C)nn2C(C)C. The minimum Gasteiger partial charge on any atom is -0.477 e. The Balaban J connectivity index is 1.86. The smallest absolute Gasteiger partial charge is 0.222 e. The second kappa shape index (κ2) is 8.14. The van der Waals surface area contributed by atoms with Crippen LogP contribution >= 0.6 is 0 Å². The Kier molecular flexibility index (Phi) is 5.39. The van der Waals surface area contributed by atoms with Gasteiger partial charge in [-0.2, -0.15) is 10.2 Å². The van der Waals surface area contributed by atoms with Crippen LogP contribution in [0.3, 0.4) is 0 Å². The Morgan fingerprint density at radius 1 is 1.23 bits per heavy atom. The summed E-state index contributed by atoms with van der Waals surface area (Å²) in [6.45, 7) is 11.3. The number of hydrogen-bond donors (Lipinski definition) is 2. The van der Waals surface area contributed by atoms with Crippen molar-refractivity contribution in [3.8, 4) is 17.1 Å². The van der Waals surface area contributed by atoms with Gasteiger partial charge < -0.3 is 10.1 Å². The van der Waals surface area contributed by atoms with Gasteiger partial charge in [0, 0.05) is 17.9 Å². The maximum Gasteiger partial charge on any atom is 0.222 e. The number of fused-ring (bicyclic) bond motifs is 1. The van der Waals surface area contributed by atoms with Crippen LogP contribution in [0.25, 0.3) is 22.3 Å². The number of pyridine rings is 2. The lowest BCUT2D eigenvalue weighted by Gasteiger charge is -2.14. The minimum absolute atomic E-state index is 0.208. The van der Waals surface area contributed by atoms with E-state index in [1.807, 2.05) is 49.7 Å². The fraction of sp³-hybridized carbons (Fsp3) is 0.364. The Bertz CT molecular complexity index is 1180. The molecule has 0 atom stereocenters. The molecular weight excluding hydrogens is 378 g/mol. The molecule has 0 amide bonds. The van der Waals surface area contributed by atoms with Gasteiger partial charge in [-0.15, -0.1) is 0 Å². The van der Waals surface area contributed by atoms with Crippen molar-refractivity contribution in [3.05, 3.63) is 47.5 Å². The normalized spacial score (nSPS) is 11.4. The fourth-order valence-corrected chi connectivity index (χ4v) is 3.52. The summed E-state index contributed by atoms with van der Waals surface area (Å²) in [5.41, 5.74) is 7.34. The van der Waals surface area contributed by atoms with E-state index in [1.54, 1.807) is 6.20 Å². The lowest BCUT2D eigenvalue weighted by Crippen LogP contribution is -2.07. The standard InChI is InChI=1S/C22H27N7O/c1-6-30-22-17(8-7-9-23-22)18-11-19(24-12-16-10-14(4)26-27-16)21-20(25-18)15(5)28-29(21)13(2)3/h7-11,13H,6,12H2,1-5H3,(H,24,25)(H,26,27). The average Bonchev–Trinajstić information content (AvgIpc) is 3.30. The van der Waals surface area contributed by atoms with E-state index in [0.29, 0.717) is 19.0 Å². The third kappa shape index (κ3) is 3.72. The minimum atomic E-state index is 0.208. The molecule has 0 fully saturated rings. The molecule has 0 radical (unpaired) electrons. The van der Waals surface area contributed by atoms with Crippen LogP contribution < -0.4 is 10.1 Å². The molecular formula is C22H27N7O. The van der Waals surface area contributed by atoms with Gasteiger partial charge in [-0.05, 0) is 58.9 Å². The third-order valence-electron chi connectivity index (χ3n) is 4.86. The lowest BCUT2D eigenvalue weighted by atomic mass is 10.1. The first-order valence-corrected chi connectivity index (χ1v) is 10.2. The highest BCUT2D eigenvalue weighted by Gasteiger charge is 2.19. The summed E-state index contributed by atoms with van der Waals surface area (Å²) in [6.07, 6.45) is 1.73. The zero-order valence-corrected chi connectivity index (χ0v) is 18.0. The zero-order valence-electron chi connectivity index (χ0n) is 18.0. The van der Waals surface area contributed by atoms with Crippen LogP contribution in [0, 0.1) is 13.8 Å². The third-order valence-corrected chi connectivity index (χ3v) is 4.86. The van der Waals surface area contributed by atoms with Crippen LogP contribution in [0.2, 0.25) is 0 Å². The average molecular weight is 406 g/mol. The van der Waals surface area contributed by atoms with Crippen molar-refractivity contribution < 1.29 is 4.74 Å². The highest BCUT2D eigenvalue weighted by atomic mass is 16.5. The van der Waals surface area contributed by atoms with E-state index in [2.05, 4.69) is 34.3 Å². The van der Waals surface area contributed by atoms with Gasteiger partial charge >= 0.3 is 0 Å². The molecule has 0 aliphatic rings. The molecule has 0 saturated carbocycles.